The van der Waals surface area contributed by atoms with Crippen molar-refractivity contribution in [2.75, 3.05) is 14.2 Å². The summed E-state index contributed by atoms with van der Waals surface area (Å²) in [5, 5.41) is 0. The fraction of sp³-hybridized carbons (Fsp3) is 0.294. The lowest BCUT2D eigenvalue weighted by molar-refractivity contribution is -0.139. The van der Waals surface area contributed by atoms with Crippen LogP contribution in [0.2, 0.25) is 0 Å². The van der Waals surface area contributed by atoms with E-state index in [1.807, 2.05) is 12.1 Å². The van der Waals surface area contributed by atoms with E-state index in [2.05, 4.69) is 12.1 Å². The van der Waals surface area contributed by atoms with Crippen LogP contribution >= 0.6 is 0 Å². The summed E-state index contributed by atoms with van der Waals surface area (Å²) < 4.78 is 9.69. The molecule has 0 saturated carbocycles. The largest absolute Gasteiger partial charge is 0.465 e. The zero-order valence-corrected chi connectivity index (χ0v) is 11.8. The zero-order chi connectivity index (χ0) is 14.7. The Hall–Kier alpha value is -2.36. The quantitative estimate of drug-likeness (QED) is 0.780. The van der Waals surface area contributed by atoms with Crippen LogP contribution in [-0.4, -0.2) is 26.2 Å². The van der Waals surface area contributed by atoms with Crippen molar-refractivity contribution in [1.29, 1.82) is 0 Å². The molecule has 4 rings (SSSR count). The van der Waals surface area contributed by atoms with Crippen LogP contribution in [0.3, 0.4) is 0 Å². The van der Waals surface area contributed by atoms with Crippen molar-refractivity contribution in [2.45, 2.75) is 18.3 Å². The molecule has 21 heavy (non-hydrogen) atoms. The number of methoxy groups -OCH3 is 2. The third-order valence-corrected chi connectivity index (χ3v) is 4.77. The molecule has 0 spiro atoms. The van der Waals surface area contributed by atoms with E-state index in [0.717, 1.165) is 17.6 Å². The van der Waals surface area contributed by atoms with Gasteiger partial charge in [-0.25, -0.2) is 9.59 Å². The summed E-state index contributed by atoms with van der Waals surface area (Å²) >= 11 is 0. The van der Waals surface area contributed by atoms with Crippen LogP contribution in [0.25, 0.3) is 0 Å². The molecule has 0 amide bonds. The van der Waals surface area contributed by atoms with Crippen molar-refractivity contribution in [3.63, 3.8) is 0 Å². The van der Waals surface area contributed by atoms with Crippen molar-refractivity contribution in [3.05, 3.63) is 57.7 Å². The molecule has 3 aliphatic rings. The number of hydrogen-bond donors (Lipinski definition) is 0. The van der Waals surface area contributed by atoms with E-state index in [1.165, 1.54) is 25.3 Å². The van der Waals surface area contributed by atoms with Gasteiger partial charge in [0.2, 0.25) is 0 Å². The smallest absolute Gasteiger partial charge is 0.339 e. The van der Waals surface area contributed by atoms with E-state index in [9.17, 15) is 9.59 Å². The molecular formula is C17H14O4. The van der Waals surface area contributed by atoms with Crippen LogP contribution in [0.4, 0.5) is 0 Å². The molecule has 0 heterocycles. The van der Waals surface area contributed by atoms with Crippen molar-refractivity contribution in [1.82, 2.24) is 0 Å². The van der Waals surface area contributed by atoms with Crippen LogP contribution in [0.1, 0.15) is 29.4 Å². The van der Waals surface area contributed by atoms with E-state index in [-0.39, 0.29) is 11.8 Å². The van der Waals surface area contributed by atoms with Gasteiger partial charge in [-0.05, 0) is 28.7 Å². The van der Waals surface area contributed by atoms with Gasteiger partial charge in [-0.1, -0.05) is 24.3 Å². The number of hydrogen-bond acceptors (Lipinski definition) is 4. The molecule has 106 valence electrons. The van der Waals surface area contributed by atoms with Crippen molar-refractivity contribution in [2.24, 2.45) is 0 Å². The van der Waals surface area contributed by atoms with Crippen LogP contribution in [0.15, 0.2) is 46.6 Å². The summed E-state index contributed by atoms with van der Waals surface area (Å²) in [4.78, 5) is 24.1. The number of rotatable bonds is 2. The lowest BCUT2D eigenvalue weighted by Crippen LogP contribution is -2.28. The monoisotopic (exact) mass is 282 g/mol. The Labute approximate surface area is 122 Å². The Kier molecular flexibility index (Phi) is 2.40. The lowest BCUT2D eigenvalue weighted by atomic mass is 9.71. The van der Waals surface area contributed by atoms with Gasteiger partial charge < -0.3 is 9.47 Å². The number of ether oxygens (including phenoxy) is 2. The third kappa shape index (κ3) is 1.35. The van der Waals surface area contributed by atoms with Crippen LogP contribution in [0.5, 0.6) is 0 Å². The molecule has 1 aromatic rings. The summed E-state index contributed by atoms with van der Waals surface area (Å²) in [5.41, 5.74) is 5.36. The molecule has 0 N–H and O–H groups in total. The molecule has 0 saturated heterocycles. The summed E-state index contributed by atoms with van der Waals surface area (Å²) in [5.74, 6) is -0.467. The maximum atomic E-state index is 12.0. The topological polar surface area (TPSA) is 52.6 Å². The van der Waals surface area contributed by atoms with Gasteiger partial charge >= 0.3 is 11.9 Å². The SMILES string of the molecule is COC(=O)C1=C(C(=O)OC)C2=C1[C@H]1C[C@@H]2c2ccccc21. The number of fused-ring (bicyclic) bond motifs is 7. The zero-order valence-electron chi connectivity index (χ0n) is 11.8. The highest BCUT2D eigenvalue weighted by atomic mass is 16.5. The molecule has 0 aromatic heterocycles. The minimum absolute atomic E-state index is 0.212. The predicted octanol–water partition coefficient (Wildman–Crippen LogP) is 2.22. The normalized spacial score (nSPS) is 24.5. The average Bonchev–Trinajstić information content (AvgIpc) is 3.00. The number of carbonyl (C=O) groups is 2. The van der Waals surface area contributed by atoms with Gasteiger partial charge in [0.1, 0.15) is 0 Å². The molecule has 2 bridgehead atoms. The van der Waals surface area contributed by atoms with Gasteiger partial charge in [0.05, 0.1) is 25.4 Å². The van der Waals surface area contributed by atoms with Gasteiger partial charge in [0.25, 0.3) is 0 Å². The molecule has 2 atom stereocenters. The highest BCUT2D eigenvalue weighted by Gasteiger charge is 2.54. The second-order valence-electron chi connectivity index (χ2n) is 5.53. The Morgan fingerprint density at radius 1 is 0.905 bits per heavy atom. The molecule has 0 unspecified atom stereocenters. The first-order valence-corrected chi connectivity index (χ1v) is 6.93. The number of benzene rings is 1. The second kappa shape index (κ2) is 4.07. The van der Waals surface area contributed by atoms with E-state index < -0.39 is 11.9 Å². The maximum absolute atomic E-state index is 12.0. The van der Waals surface area contributed by atoms with Gasteiger partial charge in [-0.2, -0.15) is 0 Å². The van der Waals surface area contributed by atoms with Gasteiger partial charge in [-0.3, -0.25) is 0 Å². The summed E-state index contributed by atoms with van der Waals surface area (Å²) in [6.07, 6.45) is 0.936. The Morgan fingerprint density at radius 3 is 1.71 bits per heavy atom. The first kappa shape index (κ1) is 12.4. The standard InChI is InChI=1S/C17H14O4/c1-20-16(18)14-12-10-7-11(9-6-4-3-5-8(9)10)13(12)15(14)17(19)21-2/h3-6,10-11H,7H2,1-2H3/t10-,11+. The molecule has 4 heteroatoms. The second-order valence-corrected chi connectivity index (χ2v) is 5.53. The van der Waals surface area contributed by atoms with Gasteiger partial charge in [0, 0.05) is 11.8 Å². The van der Waals surface area contributed by atoms with Gasteiger partial charge in [0.15, 0.2) is 0 Å². The summed E-state index contributed by atoms with van der Waals surface area (Å²) in [6, 6.07) is 8.24. The fourth-order valence-corrected chi connectivity index (χ4v) is 4.01. The van der Waals surface area contributed by atoms with Crippen molar-refractivity contribution in [3.8, 4) is 0 Å². The lowest BCUT2D eigenvalue weighted by Gasteiger charge is -2.32. The minimum atomic E-state index is -0.445. The highest BCUT2D eigenvalue weighted by Crippen LogP contribution is 2.64. The molecule has 3 aliphatic carbocycles. The van der Waals surface area contributed by atoms with E-state index in [4.69, 9.17) is 9.47 Å². The van der Waals surface area contributed by atoms with Crippen LogP contribution < -0.4 is 0 Å². The highest BCUT2D eigenvalue weighted by molar-refractivity contribution is 6.13. The Bertz CT molecular complexity index is 693. The first-order chi connectivity index (χ1) is 10.2. The van der Waals surface area contributed by atoms with Crippen molar-refractivity contribution < 1.29 is 19.1 Å². The van der Waals surface area contributed by atoms with E-state index >= 15 is 0 Å². The van der Waals surface area contributed by atoms with Crippen LogP contribution in [-0.2, 0) is 19.1 Å². The maximum Gasteiger partial charge on any atom is 0.339 e. The van der Waals surface area contributed by atoms with E-state index in [0.29, 0.717) is 11.1 Å². The van der Waals surface area contributed by atoms with Crippen LogP contribution in [0, 0.1) is 0 Å². The molecule has 4 nitrogen and oxygen atoms in total. The number of esters is 2. The fourth-order valence-electron chi connectivity index (χ4n) is 4.01. The summed E-state index contributed by atoms with van der Waals surface area (Å²) in [6.45, 7) is 0. The molecule has 0 radical (unpaired) electrons. The molecule has 0 fully saturated rings. The predicted molar refractivity (Wildman–Crippen MR) is 74.6 cm³/mol. The third-order valence-electron chi connectivity index (χ3n) is 4.77. The van der Waals surface area contributed by atoms with Gasteiger partial charge in [-0.15, -0.1) is 0 Å². The molecular weight excluding hydrogens is 268 g/mol. The average molecular weight is 282 g/mol. The molecule has 0 aliphatic heterocycles. The Balaban J connectivity index is 1.83. The number of carbonyl (C=O) groups excluding carboxylic acids is 2. The van der Waals surface area contributed by atoms with E-state index in [1.54, 1.807) is 0 Å². The summed E-state index contributed by atoms with van der Waals surface area (Å²) in [7, 11) is 2.67. The first-order valence-electron chi connectivity index (χ1n) is 6.93. The van der Waals surface area contributed by atoms with Crippen molar-refractivity contribution >= 4 is 11.9 Å². The molecule has 1 aromatic carbocycles. The Morgan fingerprint density at radius 2 is 1.33 bits per heavy atom. The minimum Gasteiger partial charge on any atom is -0.465 e.